The van der Waals surface area contributed by atoms with E-state index in [1.165, 1.54) is 0 Å². The van der Waals surface area contributed by atoms with Crippen molar-refractivity contribution in [2.75, 3.05) is 33.4 Å². The van der Waals surface area contributed by atoms with Crippen LogP contribution < -0.4 is 10.6 Å². The van der Waals surface area contributed by atoms with Crippen LogP contribution in [0.3, 0.4) is 0 Å². The van der Waals surface area contributed by atoms with Gasteiger partial charge in [-0.2, -0.15) is 0 Å². The maximum absolute atomic E-state index is 12.4. The SMILES string of the molecule is CCc1ccccc1C(=O)NCC1(COC)CCNCC1. The Morgan fingerprint density at radius 2 is 2.05 bits per heavy atom. The third kappa shape index (κ3) is 4.05. The summed E-state index contributed by atoms with van der Waals surface area (Å²) in [5, 5.41) is 6.49. The molecule has 1 amide bonds. The van der Waals surface area contributed by atoms with E-state index in [1.807, 2.05) is 24.3 Å². The summed E-state index contributed by atoms with van der Waals surface area (Å²) >= 11 is 0. The number of aryl methyl sites for hydroxylation is 1. The van der Waals surface area contributed by atoms with E-state index in [-0.39, 0.29) is 11.3 Å². The predicted octanol–water partition coefficient (Wildman–Crippen LogP) is 1.99. The van der Waals surface area contributed by atoms with Gasteiger partial charge in [-0.1, -0.05) is 25.1 Å². The van der Waals surface area contributed by atoms with Crippen molar-refractivity contribution in [3.63, 3.8) is 0 Å². The van der Waals surface area contributed by atoms with Crippen molar-refractivity contribution >= 4 is 5.91 Å². The number of piperidine rings is 1. The first kappa shape index (κ1) is 16.0. The summed E-state index contributed by atoms with van der Waals surface area (Å²) in [6.45, 7) is 5.44. The Balaban J connectivity index is 2.01. The van der Waals surface area contributed by atoms with Crippen LogP contribution in [-0.4, -0.2) is 39.3 Å². The molecule has 1 aromatic rings. The molecule has 0 aromatic heterocycles. The summed E-state index contributed by atoms with van der Waals surface area (Å²) in [7, 11) is 1.73. The van der Waals surface area contributed by atoms with Crippen molar-refractivity contribution in [3.8, 4) is 0 Å². The molecule has 2 N–H and O–H groups in total. The summed E-state index contributed by atoms with van der Waals surface area (Å²) < 4.78 is 5.39. The van der Waals surface area contributed by atoms with Crippen LogP contribution in [0.1, 0.15) is 35.7 Å². The lowest BCUT2D eigenvalue weighted by Gasteiger charge is -2.37. The van der Waals surface area contributed by atoms with Gasteiger partial charge in [-0.3, -0.25) is 4.79 Å². The molecule has 0 unspecified atom stereocenters. The van der Waals surface area contributed by atoms with Gasteiger partial charge in [-0.25, -0.2) is 0 Å². The normalized spacial score (nSPS) is 17.4. The quantitative estimate of drug-likeness (QED) is 0.842. The van der Waals surface area contributed by atoms with E-state index in [1.54, 1.807) is 7.11 Å². The average molecular weight is 290 g/mol. The van der Waals surface area contributed by atoms with E-state index >= 15 is 0 Å². The minimum absolute atomic E-state index is 0.0291. The Labute approximate surface area is 127 Å². The van der Waals surface area contributed by atoms with Crippen LogP contribution in [-0.2, 0) is 11.2 Å². The lowest BCUT2D eigenvalue weighted by molar-refractivity contribution is 0.0511. The van der Waals surface area contributed by atoms with Crippen LogP contribution in [0.2, 0.25) is 0 Å². The van der Waals surface area contributed by atoms with Crippen molar-refractivity contribution in [3.05, 3.63) is 35.4 Å². The smallest absolute Gasteiger partial charge is 0.251 e. The van der Waals surface area contributed by atoms with Crippen molar-refractivity contribution < 1.29 is 9.53 Å². The number of amides is 1. The number of carbonyl (C=O) groups is 1. The van der Waals surface area contributed by atoms with E-state index in [0.29, 0.717) is 13.2 Å². The predicted molar refractivity (Wildman–Crippen MR) is 84.6 cm³/mol. The van der Waals surface area contributed by atoms with Crippen LogP contribution in [0.5, 0.6) is 0 Å². The van der Waals surface area contributed by atoms with Gasteiger partial charge in [0, 0.05) is 24.6 Å². The Kier molecular flexibility index (Phi) is 5.76. The first-order valence-electron chi connectivity index (χ1n) is 7.76. The summed E-state index contributed by atoms with van der Waals surface area (Å²) in [5.74, 6) is 0.0291. The summed E-state index contributed by atoms with van der Waals surface area (Å²) in [6.07, 6.45) is 2.95. The number of carbonyl (C=O) groups excluding carboxylic acids is 1. The molecule has 0 atom stereocenters. The van der Waals surface area contributed by atoms with Crippen molar-refractivity contribution in [1.82, 2.24) is 10.6 Å². The number of hydrogen-bond acceptors (Lipinski definition) is 3. The van der Waals surface area contributed by atoms with Crippen LogP contribution in [0.15, 0.2) is 24.3 Å². The van der Waals surface area contributed by atoms with Gasteiger partial charge in [0.15, 0.2) is 0 Å². The third-order valence-corrected chi connectivity index (χ3v) is 4.38. The molecular formula is C17H26N2O2. The zero-order valence-corrected chi connectivity index (χ0v) is 13.1. The molecule has 116 valence electrons. The highest BCUT2D eigenvalue weighted by atomic mass is 16.5. The zero-order valence-electron chi connectivity index (χ0n) is 13.1. The Morgan fingerprint density at radius 3 is 2.71 bits per heavy atom. The van der Waals surface area contributed by atoms with Gasteiger partial charge >= 0.3 is 0 Å². The standard InChI is InChI=1S/C17H26N2O2/c1-3-14-6-4-5-7-15(14)16(20)19-12-17(13-21-2)8-10-18-11-9-17/h4-7,18H,3,8-13H2,1-2H3,(H,19,20). The molecule has 2 rings (SSSR count). The maximum Gasteiger partial charge on any atom is 0.251 e. The number of methoxy groups -OCH3 is 1. The minimum atomic E-state index is 0.0291. The van der Waals surface area contributed by atoms with Gasteiger partial charge in [0.2, 0.25) is 0 Å². The van der Waals surface area contributed by atoms with Crippen molar-refractivity contribution in [1.29, 1.82) is 0 Å². The van der Waals surface area contributed by atoms with E-state index in [4.69, 9.17) is 4.74 Å². The summed E-state index contributed by atoms with van der Waals surface area (Å²) in [6, 6.07) is 7.82. The molecule has 1 heterocycles. The molecule has 1 aliphatic heterocycles. The van der Waals surface area contributed by atoms with Gasteiger partial charge in [0.05, 0.1) is 6.61 Å². The second-order valence-corrected chi connectivity index (χ2v) is 5.88. The van der Waals surface area contributed by atoms with Crippen molar-refractivity contribution in [2.45, 2.75) is 26.2 Å². The van der Waals surface area contributed by atoms with E-state index in [9.17, 15) is 4.79 Å². The molecule has 4 nitrogen and oxygen atoms in total. The highest BCUT2D eigenvalue weighted by molar-refractivity contribution is 5.95. The molecule has 4 heteroatoms. The van der Waals surface area contributed by atoms with E-state index in [2.05, 4.69) is 17.6 Å². The van der Waals surface area contributed by atoms with Gasteiger partial charge in [0.1, 0.15) is 0 Å². The van der Waals surface area contributed by atoms with E-state index < -0.39 is 0 Å². The van der Waals surface area contributed by atoms with Gasteiger partial charge in [-0.05, 0) is 44.0 Å². The maximum atomic E-state index is 12.4. The van der Waals surface area contributed by atoms with Gasteiger partial charge in [-0.15, -0.1) is 0 Å². The topological polar surface area (TPSA) is 50.4 Å². The van der Waals surface area contributed by atoms with Crippen LogP contribution in [0.4, 0.5) is 0 Å². The number of nitrogens with one attached hydrogen (secondary N) is 2. The summed E-state index contributed by atoms with van der Waals surface area (Å²) in [5.41, 5.74) is 1.96. The van der Waals surface area contributed by atoms with Crippen LogP contribution >= 0.6 is 0 Å². The monoisotopic (exact) mass is 290 g/mol. The lowest BCUT2D eigenvalue weighted by Crippen LogP contribution is -2.47. The largest absolute Gasteiger partial charge is 0.384 e. The Hall–Kier alpha value is -1.39. The fourth-order valence-electron chi connectivity index (χ4n) is 3.05. The molecule has 1 fully saturated rings. The molecule has 1 aliphatic rings. The molecule has 0 saturated carbocycles. The second-order valence-electron chi connectivity index (χ2n) is 5.88. The number of rotatable bonds is 6. The lowest BCUT2D eigenvalue weighted by atomic mass is 9.79. The number of hydrogen-bond donors (Lipinski definition) is 2. The zero-order chi connectivity index (χ0) is 15.1. The van der Waals surface area contributed by atoms with Gasteiger partial charge in [0.25, 0.3) is 5.91 Å². The number of ether oxygens (including phenoxy) is 1. The van der Waals surface area contributed by atoms with Crippen molar-refractivity contribution in [2.24, 2.45) is 5.41 Å². The molecule has 0 aliphatic carbocycles. The van der Waals surface area contributed by atoms with Gasteiger partial charge < -0.3 is 15.4 Å². The minimum Gasteiger partial charge on any atom is -0.384 e. The molecule has 1 aromatic carbocycles. The first-order chi connectivity index (χ1) is 10.2. The third-order valence-electron chi connectivity index (χ3n) is 4.38. The molecule has 0 spiro atoms. The molecular weight excluding hydrogens is 264 g/mol. The number of benzene rings is 1. The fourth-order valence-corrected chi connectivity index (χ4v) is 3.05. The first-order valence-corrected chi connectivity index (χ1v) is 7.76. The average Bonchev–Trinajstić information content (AvgIpc) is 2.54. The summed E-state index contributed by atoms with van der Waals surface area (Å²) in [4.78, 5) is 12.4. The van der Waals surface area contributed by atoms with Crippen LogP contribution in [0.25, 0.3) is 0 Å². The highest BCUT2D eigenvalue weighted by Gasteiger charge is 2.32. The molecule has 1 saturated heterocycles. The molecule has 21 heavy (non-hydrogen) atoms. The Morgan fingerprint density at radius 1 is 1.33 bits per heavy atom. The highest BCUT2D eigenvalue weighted by Crippen LogP contribution is 2.28. The second kappa shape index (κ2) is 7.57. The van der Waals surface area contributed by atoms with Crippen LogP contribution in [0, 0.1) is 5.41 Å². The Bertz CT molecular complexity index is 462. The fraction of sp³-hybridized carbons (Fsp3) is 0.588. The molecule has 0 radical (unpaired) electrons. The van der Waals surface area contributed by atoms with E-state index in [0.717, 1.165) is 43.5 Å². The molecule has 0 bridgehead atoms.